The van der Waals surface area contributed by atoms with Crippen LogP contribution in [0, 0.1) is 5.92 Å². The largest absolute Gasteiger partial charge is 0.354 e. The molecule has 1 aromatic heterocycles. The molecule has 2 aromatic rings. The molecule has 2 unspecified atom stereocenters. The van der Waals surface area contributed by atoms with E-state index >= 15 is 0 Å². The fraction of sp³-hybridized carbons (Fsp3) is 0.471. The van der Waals surface area contributed by atoms with Crippen molar-refractivity contribution in [3.05, 3.63) is 35.9 Å². The molecule has 0 amide bonds. The molecule has 3 rings (SSSR count). The summed E-state index contributed by atoms with van der Waals surface area (Å²) in [5, 5.41) is 1.18. The van der Waals surface area contributed by atoms with Gasteiger partial charge in [0.1, 0.15) is 5.82 Å². The van der Waals surface area contributed by atoms with Crippen LogP contribution in [-0.4, -0.2) is 17.6 Å². The van der Waals surface area contributed by atoms with Crippen molar-refractivity contribution in [2.75, 3.05) is 11.4 Å². The first-order valence-corrected chi connectivity index (χ1v) is 7.54. The van der Waals surface area contributed by atoms with Crippen molar-refractivity contribution in [2.24, 2.45) is 11.7 Å². The van der Waals surface area contributed by atoms with Crippen LogP contribution in [0.2, 0.25) is 0 Å². The highest BCUT2D eigenvalue weighted by Crippen LogP contribution is 2.29. The van der Waals surface area contributed by atoms with Crippen LogP contribution in [0.15, 0.2) is 30.3 Å². The smallest absolute Gasteiger partial charge is 0.129 e. The third kappa shape index (κ3) is 2.38. The molecule has 0 spiro atoms. The molecule has 0 aliphatic carbocycles. The summed E-state index contributed by atoms with van der Waals surface area (Å²) in [5.41, 5.74) is 8.17. The van der Waals surface area contributed by atoms with Gasteiger partial charge in [0.25, 0.3) is 0 Å². The average molecular weight is 269 g/mol. The van der Waals surface area contributed by atoms with Gasteiger partial charge in [0.15, 0.2) is 0 Å². The minimum atomic E-state index is 0.561. The van der Waals surface area contributed by atoms with Gasteiger partial charge in [-0.05, 0) is 43.4 Å². The van der Waals surface area contributed by atoms with Crippen LogP contribution < -0.4 is 10.6 Å². The molecule has 2 heterocycles. The third-order valence-electron chi connectivity index (χ3n) is 4.42. The predicted molar refractivity (Wildman–Crippen MR) is 84.8 cm³/mol. The van der Waals surface area contributed by atoms with Crippen molar-refractivity contribution in [2.45, 2.75) is 39.3 Å². The second kappa shape index (κ2) is 5.41. The summed E-state index contributed by atoms with van der Waals surface area (Å²) in [6, 6.07) is 11.0. The zero-order valence-corrected chi connectivity index (χ0v) is 12.3. The van der Waals surface area contributed by atoms with E-state index in [0.717, 1.165) is 23.8 Å². The molecule has 1 aromatic carbocycles. The normalized spacial score (nSPS) is 23.2. The molecule has 1 aliphatic heterocycles. The first-order valence-electron chi connectivity index (χ1n) is 7.54. The maximum absolute atomic E-state index is 5.93. The number of nitrogens with zero attached hydrogens (tertiary/aromatic N) is 2. The van der Waals surface area contributed by atoms with Gasteiger partial charge in [-0.1, -0.05) is 25.1 Å². The molecule has 1 aliphatic rings. The van der Waals surface area contributed by atoms with E-state index in [0.29, 0.717) is 12.6 Å². The SMILES string of the molecule is CC1CCC(C)N(c2cc(CN)c3ccccc3n2)C1. The van der Waals surface area contributed by atoms with Crippen molar-refractivity contribution in [3.8, 4) is 0 Å². The van der Waals surface area contributed by atoms with Gasteiger partial charge in [0.05, 0.1) is 5.52 Å². The van der Waals surface area contributed by atoms with Crippen LogP contribution in [0.4, 0.5) is 5.82 Å². The molecular formula is C17H23N3. The second-order valence-corrected chi connectivity index (χ2v) is 6.04. The lowest BCUT2D eigenvalue weighted by Gasteiger charge is -2.38. The van der Waals surface area contributed by atoms with E-state index < -0.39 is 0 Å². The number of pyridine rings is 1. The lowest BCUT2D eigenvalue weighted by atomic mass is 9.95. The summed E-state index contributed by atoms with van der Waals surface area (Å²) < 4.78 is 0. The molecule has 1 saturated heterocycles. The number of anilines is 1. The second-order valence-electron chi connectivity index (χ2n) is 6.04. The van der Waals surface area contributed by atoms with Crippen LogP contribution in [-0.2, 0) is 6.54 Å². The first-order chi connectivity index (χ1) is 9.69. The standard InChI is InChI=1S/C17H23N3/c1-12-7-8-13(2)20(11-12)17-9-14(10-18)15-5-3-4-6-16(15)19-17/h3-6,9,12-13H,7-8,10-11,18H2,1-2H3. The summed E-state index contributed by atoms with van der Waals surface area (Å²) in [5.74, 6) is 1.82. The van der Waals surface area contributed by atoms with Crippen molar-refractivity contribution in [1.82, 2.24) is 4.98 Å². The van der Waals surface area contributed by atoms with Gasteiger partial charge < -0.3 is 10.6 Å². The molecule has 106 valence electrons. The number of benzene rings is 1. The maximum Gasteiger partial charge on any atom is 0.129 e. The molecule has 3 nitrogen and oxygen atoms in total. The lowest BCUT2D eigenvalue weighted by molar-refractivity contribution is 0.388. The van der Waals surface area contributed by atoms with Crippen LogP contribution in [0.25, 0.3) is 10.9 Å². The van der Waals surface area contributed by atoms with E-state index in [1.165, 1.54) is 23.8 Å². The molecule has 2 N–H and O–H groups in total. The molecule has 0 radical (unpaired) electrons. The van der Waals surface area contributed by atoms with Gasteiger partial charge in [0.2, 0.25) is 0 Å². The Morgan fingerprint density at radius 3 is 2.85 bits per heavy atom. The van der Waals surface area contributed by atoms with Gasteiger partial charge in [-0.15, -0.1) is 0 Å². The average Bonchev–Trinajstić information content (AvgIpc) is 2.48. The summed E-state index contributed by atoms with van der Waals surface area (Å²) in [4.78, 5) is 7.31. The highest BCUT2D eigenvalue weighted by molar-refractivity contribution is 5.84. The zero-order chi connectivity index (χ0) is 14.1. The maximum atomic E-state index is 5.93. The minimum absolute atomic E-state index is 0.561. The molecule has 2 atom stereocenters. The van der Waals surface area contributed by atoms with Gasteiger partial charge in [0, 0.05) is 24.5 Å². The van der Waals surface area contributed by atoms with E-state index in [1.54, 1.807) is 0 Å². The quantitative estimate of drug-likeness (QED) is 0.909. The third-order valence-corrected chi connectivity index (χ3v) is 4.42. The number of fused-ring (bicyclic) bond motifs is 1. The molecule has 0 saturated carbocycles. The van der Waals surface area contributed by atoms with Crippen LogP contribution in [0.3, 0.4) is 0 Å². The van der Waals surface area contributed by atoms with Crippen molar-refractivity contribution in [3.63, 3.8) is 0 Å². The van der Waals surface area contributed by atoms with Crippen molar-refractivity contribution < 1.29 is 0 Å². The van der Waals surface area contributed by atoms with Crippen molar-refractivity contribution >= 4 is 16.7 Å². The van der Waals surface area contributed by atoms with Gasteiger partial charge in [-0.2, -0.15) is 0 Å². The fourth-order valence-electron chi connectivity index (χ4n) is 3.16. The highest BCUT2D eigenvalue weighted by Gasteiger charge is 2.24. The van der Waals surface area contributed by atoms with E-state index in [-0.39, 0.29) is 0 Å². The molecule has 3 heteroatoms. The zero-order valence-electron chi connectivity index (χ0n) is 12.3. The number of nitrogens with two attached hydrogens (primary N) is 1. The summed E-state index contributed by atoms with van der Waals surface area (Å²) >= 11 is 0. The molecule has 20 heavy (non-hydrogen) atoms. The van der Waals surface area contributed by atoms with Crippen LogP contribution in [0.1, 0.15) is 32.3 Å². The van der Waals surface area contributed by atoms with E-state index in [4.69, 9.17) is 10.7 Å². The Balaban J connectivity index is 2.07. The Hall–Kier alpha value is -1.61. The molecular weight excluding hydrogens is 246 g/mol. The Bertz CT molecular complexity index is 608. The monoisotopic (exact) mass is 269 g/mol. The Kier molecular flexibility index (Phi) is 3.62. The number of para-hydroxylation sites is 1. The minimum Gasteiger partial charge on any atom is -0.354 e. The summed E-state index contributed by atoms with van der Waals surface area (Å²) in [6.07, 6.45) is 2.56. The summed E-state index contributed by atoms with van der Waals surface area (Å²) in [6.45, 7) is 6.28. The number of aromatic nitrogens is 1. The Morgan fingerprint density at radius 1 is 1.25 bits per heavy atom. The first kappa shape index (κ1) is 13.4. The van der Waals surface area contributed by atoms with Crippen LogP contribution >= 0.6 is 0 Å². The van der Waals surface area contributed by atoms with E-state index in [2.05, 4.69) is 43.0 Å². The van der Waals surface area contributed by atoms with Gasteiger partial charge >= 0.3 is 0 Å². The Morgan fingerprint density at radius 2 is 2.05 bits per heavy atom. The van der Waals surface area contributed by atoms with Crippen LogP contribution in [0.5, 0.6) is 0 Å². The highest BCUT2D eigenvalue weighted by atomic mass is 15.2. The predicted octanol–water partition coefficient (Wildman–Crippen LogP) is 3.32. The number of hydrogen-bond acceptors (Lipinski definition) is 3. The van der Waals surface area contributed by atoms with Gasteiger partial charge in [-0.3, -0.25) is 0 Å². The number of hydrogen-bond donors (Lipinski definition) is 1. The number of piperidine rings is 1. The summed E-state index contributed by atoms with van der Waals surface area (Å²) in [7, 11) is 0. The Labute approximate surface area is 120 Å². The lowest BCUT2D eigenvalue weighted by Crippen LogP contribution is -2.41. The van der Waals surface area contributed by atoms with Crippen molar-refractivity contribution in [1.29, 1.82) is 0 Å². The topological polar surface area (TPSA) is 42.1 Å². The van der Waals surface area contributed by atoms with Gasteiger partial charge in [-0.25, -0.2) is 4.98 Å². The van der Waals surface area contributed by atoms with E-state index in [1.807, 2.05) is 6.07 Å². The molecule has 1 fully saturated rings. The fourth-order valence-corrected chi connectivity index (χ4v) is 3.16. The number of rotatable bonds is 2. The van der Waals surface area contributed by atoms with E-state index in [9.17, 15) is 0 Å². The molecule has 0 bridgehead atoms.